The summed E-state index contributed by atoms with van der Waals surface area (Å²) in [5.74, 6) is 1.23. The molecule has 1 aromatic carbocycles. The Hall–Kier alpha value is 0.140. The summed E-state index contributed by atoms with van der Waals surface area (Å²) in [6.07, 6.45) is 4.58. The van der Waals surface area contributed by atoms with E-state index in [1.807, 2.05) is 30.0 Å². The van der Waals surface area contributed by atoms with Gasteiger partial charge < -0.3 is 5.32 Å². The third kappa shape index (κ3) is 5.14. The monoisotopic (exact) mass is 307 g/mol. The molecule has 0 radical (unpaired) electrons. The molecule has 1 aromatic rings. The molecule has 0 unspecified atom stereocenters. The predicted molar refractivity (Wildman–Crippen MR) is 75.3 cm³/mol. The molecule has 0 amide bonds. The Bertz CT molecular complexity index is 307. The van der Waals surface area contributed by atoms with Crippen molar-refractivity contribution in [2.45, 2.75) is 12.8 Å². The third-order valence-electron chi connectivity index (χ3n) is 2.02. The first-order chi connectivity index (χ1) is 7.24. The van der Waals surface area contributed by atoms with Crippen molar-refractivity contribution in [3.63, 3.8) is 0 Å². The zero-order valence-corrected chi connectivity index (χ0v) is 11.9. The van der Waals surface area contributed by atoms with Gasteiger partial charge in [-0.1, -0.05) is 27.5 Å². The van der Waals surface area contributed by atoms with E-state index >= 15 is 0 Å². The Labute approximate surface area is 109 Å². The Balaban J connectivity index is 2.31. The minimum absolute atomic E-state index is 0.772. The molecule has 0 aromatic heterocycles. The second-order valence-corrected chi connectivity index (χ2v) is 5.56. The standard InChI is InChI=1S/C11H15BrClNS/c1-15-7-3-2-6-14-11-5-4-9(12)8-10(11)13/h4-5,8,14H,2-3,6-7H2,1H3. The Morgan fingerprint density at radius 1 is 1.40 bits per heavy atom. The molecule has 1 nitrogen and oxygen atoms in total. The van der Waals surface area contributed by atoms with E-state index in [1.54, 1.807) is 0 Å². The largest absolute Gasteiger partial charge is 0.384 e. The van der Waals surface area contributed by atoms with Gasteiger partial charge in [0.25, 0.3) is 0 Å². The number of benzene rings is 1. The van der Waals surface area contributed by atoms with Crippen LogP contribution >= 0.6 is 39.3 Å². The second kappa shape index (κ2) is 7.42. The lowest BCUT2D eigenvalue weighted by molar-refractivity contribution is 0.843. The molecule has 0 fully saturated rings. The molecule has 0 aliphatic heterocycles. The fourth-order valence-corrected chi connectivity index (χ4v) is 2.46. The van der Waals surface area contributed by atoms with Gasteiger partial charge >= 0.3 is 0 Å². The average molecular weight is 309 g/mol. The van der Waals surface area contributed by atoms with Gasteiger partial charge in [-0.3, -0.25) is 0 Å². The SMILES string of the molecule is CSCCCCNc1ccc(Br)cc1Cl. The summed E-state index contributed by atoms with van der Waals surface area (Å²) in [5.41, 5.74) is 1.02. The van der Waals surface area contributed by atoms with Crippen molar-refractivity contribution in [3.05, 3.63) is 27.7 Å². The first kappa shape index (κ1) is 13.2. The van der Waals surface area contributed by atoms with Gasteiger partial charge in [0.1, 0.15) is 0 Å². The van der Waals surface area contributed by atoms with E-state index < -0.39 is 0 Å². The van der Waals surface area contributed by atoms with Crippen LogP contribution in [-0.4, -0.2) is 18.6 Å². The highest BCUT2D eigenvalue weighted by Crippen LogP contribution is 2.25. The molecule has 0 saturated carbocycles. The number of hydrogen-bond donors (Lipinski definition) is 1. The zero-order chi connectivity index (χ0) is 11.1. The summed E-state index contributed by atoms with van der Waals surface area (Å²) in [7, 11) is 0. The van der Waals surface area contributed by atoms with Crippen LogP contribution in [0.25, 0.3) is 0 Å². The van der Waals surface area contributed by atoms with Crippen LogP contribution in [0.4, 0.5) is 5.69 Å². The molecular formula is C11H15BrClNS. The van der Waals surface area contributed by atoms with Gasteiger partial charge in [-0.15, -0.1) is 0 Å². The zero-order valence-electron chi connectivity index (χ0n) is 8.72. The average Bonchev–Trinajstić information content (AvgIpc) is 2.20. The summed E-state index contributed by atoms with van der Waals surface area (Å²) >= 11 is 11.3. The summed E-state index contributed by atoms with van der Waals surface area (Å²) in [4.78, 5) is 0. The van der Waals surface area contributed by atoms with E-state index in [-0.39, 0.29) is 0 Å². The van der Waals surface area contributed by atoms with Crippen molar-refractivity contribution in [2.24, 2.45) is 0 Å². The maximum atomic E-state index is 6.07. The quantitative estimate of drug-likeness (QED) is 0.767. The summed E-state index contributed by atoms with van der Waals surface area (Å²) in [6.45, 7) is 0.988. The van der Waals surface area contributed by atoms with Crippen molar-refractivity contribution < 1.29 is 0 Å². The molecule has 0 saturated heterocycles. The topological polar surface area (TPSA) is 12.0 Å². The highest BCUT2D eigenvalue weighted by molar-refractivity contribution is 9.10. The highest BCUT2D eigenvalue weighted by Gasteiger charge is 1.99. The van der Waals surface area contributed by atoms with Gasteiger partial charge in [-0.05, 0) is 43.0 Å². The van der Waals surface area contributed by atoms with Crippen LogP contribution in [0, 0.1) is 0 Å². The van der Waals surface area contributed by atoms with E-state index in [4.69, 9.17) is 11.6 Å². The lowest BCUT2D eigenvalue weighted by Crippen LogP contribution is -2.02. The lowest BCUT2D eigenvalue weighted by atomic mass is 10.3. The molecule has 1 rings (SSSR count). The number of anilines is 1. The molecule has 0 aliphatic rings. The van der Waals surface area contributed by atoms with E-state index in [1.165, 1.54) is 18.6 Å². The van der Waals surface area contributed by atoms with Gasteiger partial charge in [0.15, 0.2) is 0 Å². The lowest BCUT2D eigenvalue weighted by Gasteiger charge is -2.08. The van der Waals surface area contributed by atoms with E-state index in [2.05, 4.69) is 27.5 Å². The molecule has 4 heteroatoms. The molecule has 0 aliphatic carbocycles. The number of hydrogen-bond acceptors (Lipinski definition) is 2. The summed E-state index contributed by atoms with van der Waals surface area (Å²) in [5, 5.41) is 4.11. The van der Waals surface area contributed by atoms with E-state index in [0.29, 0.717) is 0 Å². The fourth-order valence-electron chi connectivity index (χ4n) is 1.23. The molecule has 1 N–H and O–H groups in total. The molecule has 0 heterocycles. The summed E-state index contributed by atoms with van der Waals surface area (Å²) in [6, 6.07) is 5.91. The number of halogens is 2. The Morgan fingerprint density at radius 3 is 2.87 bits per heavy atom. The molecule has 15 heavy (non-hydrogen) atoms. The van der Waals surface area contributed by atoms with Gasteiger partial charge in [0.2, 0.25) is 0 Å². The molecule has 84 valence electrons. The van der Waals surface area contributed by atoms with Gasteiger partial charge in [0.05, 0.1) is 10.7 Å². The number of unbranched alkanes of at least 4 members (excludes halogenated alkanes) is 1. The highest BCUT2D eigenvalue weighted by atomic mass is 79.9. The number of nitrogens with one attached hydrogen (secondary N) is 1. The molecule has 0 bridgehead atoms. The van der Waals surface area contributed by atoms with Gasteiger partial charge in [0, 0.05) is 11.0 Å². The second-order valence-electron chi connectivity index (χ2n) is 3.25. The molecule has 0 atom stereocenters. The maximum Gasteiger partial charge on any atom is 0.0648 e. The van der Waals surface area contributed by atoms with Gasteiger partial charge in [-0.25, -0.2) is 0 Å². The van der Waals surface area contributed by atoms with Crippen LogP contribution in [0.3, 0.4) is 0 Å². The Kier molecular flexibility index (Phi) is 6.53. The molecule has 0 spiro atoms. The predicted octanol–water partition coefficient (Wildman–Crippen LogP) is 4.66. The van der Waals surface area contributed by atoms with Crippen LogP contribution < -0.4 is 5.32 Å². The minimum Gasteiger partial charge on any atom is -0.384 e. The summed E-state index contributed by atoms with van der Waals surface area (Å²) < 4.78 is 1.01. The van der Waals surface area contributed by atoms with Crippen molar-refractivity contribution in [1.82, 2.24) is 0 Å². The third-order valence-corrected chi connectivity index (χ3v) is 3.52. The van der Waals surface area contributed by atoms with Crippen LogP contribution in [0.1, 0.15) is 12.8 Å². The normalized spacial score (nSPS) is 10.3. The minimum atomic E-state index is 0.772. The number of thioether (sulfide) groups is 1. The van der Waals surface area contributed by atoms with Crippen LogP contribution in [0.15, 0.2) is 22.7 Å². The fraction of sp³-hybridized carbons (Fsp3) is 0.455. The molecular weight excluding hydrogens is 294 g/mol. The maximum absolute atomic E-state index is 6.07. The smallest absolute Gasteiger partial charge is 0.0648 e. The van der Waals surface area contributed by atoms with Crippen molar-refractivity contribution in [1.29, 1.82) is 0 Å². The van der Waals surface area contributed by atoms with E-state index in [9.17, 15) is 0 Å². The Morgan fingerprint density at radius 2 is 2.20 bits per heavy atom. The first-order valence-electron chi connectivity index (χ1n) is 4.92. The van der Waals surface area contributed by atoms with Gasteiger partial charge in [-0.2, -0.15) is 11.8 Å². The first-order valence-corrected chi connectivity index (χ1v) is 7.48. The van der Waals surface area contributed by atoms with Crippen LogP contribution in [-0.2, 0) is 0 Å². The number of rotatable bonds is 6. The van der Waals surface area contributed by atoms with Crippen molar-refractivity contribution in [2.75, 3.05) is 23.9 Å². The van der Waals surface area contributed by atoms with Crippen molar-refractivity contribution in [3.8, 4) is 0 Å². The van der Waals surface area contributed by atoms with Crippen LogP contribution in [0.5, 0.6) is 0 Å². The van der Waals surface area contributed by atoms with Crippen molar-refractivity contribution >= 4 is 45.0 Å². The van der Waals surface area contributed by atoms with Crippen LogP contribution in [0.2, 0.25) is 5.02 Å². The van der Waals surface area contributed by atoms with E-state index in [0.717, 1.165) is 21.7 Å².